The summed E-state index contributed by atoms with van der Waals surface area (Å²) in [7, 11) is 3.34. The van der Waals surface area contributed by atoms with Gasteiger partial charge in [-0.05, 0) is 24.3 Å². The minimum Gasteiger partial charge on any atom is -0.447 e. The molecule has 32 heavy (non-hydrogen) atoms. The molecule has 0 aliphatic heterocycles. The summed E-state index contributed by atoms with van der Waals surface area (Å²) in [4.78, 5) is 23.0. The molecular formula is C21H31N5O6. The van der Waals surface area contributed by atoms with Crippen molar-refractivity contribution < 1.29 is 28.5 Å². The van der Waals surface area contributed by atoms with E-state index in [1.165, 1.54) is 7.05 Å². The second-order valence-electron chi connectivity index (χ2n) is 6.56. The van der Waals surface area contributed by atoms with E-state index in [0.717, 1.165) is 11.5 Å². The van der Waals surface area contributed by atoms with Gasteiger partial charge in [0.2, 0.25) is 0 Å². The van der Waals surface area contributed by atoms with Crippen LogP contribution in [0.1, 0.15) is 10.4 Å². The van der Waals surface area contributed by atoms with Crippen LogP contribution in [0, 0.1) is 0 Å². The van der Waals surface area contributed by atoms with Crippen LogP contribution in [-0.2, 0) is 26.0 Å². The number of ether oxygens (including phenoxy) is 4. The van der Waals surface area contributed by atoms with Crippen LogP contribution in [0.4, 0.5) is 16.3 Å². The first-order valence-corrected chi connectivity index (χ1v) is 10.3. The van der Waals surface area contributed by atoms with Gasteiger partial charge in [-0.15, -0.1) is 0 Å². The fourth-order valence-corrected chi connectivity index (χ4v) is 2.48. The molecule has 1 aromatic heterocycles. The zero-order valence-electron chi connectivity index (χ0n) is 18.5. The van der Waals surface area contributed by atoms with Crippen molar-refractivity contribution in [3.63, 3.8) is 0 Å². The van der Waals surface area contributed by atoms with Gasteiger partial charge in [-0.2, -0.15) is 5.10 Å². The maximum absolute atomic E-state index is 12.2. The number of rotatable bonds is 15. The van der Waals surface area contributed by atoms with Crippen molar-refractivity contribution in [2.45, 2.75) is 0 Å². The van der Waals surface area contributed by atoms with Gasteiger partial charge >= 0.3 is 6.09 Å². The van der Waals surface area contributed by atoms with Crippen molar-refractivity contribution in [3.05, 3.63) is 42.1 Å². The van der Waals surface area contributed by atoms with Gasteiger partial charge in [-0.3, -0.25) is 9.48 Å². The molecule has 0 radical (unpaired) electrons. The zero-order chi connectivity index (χ0) is 23.0. The lowest BCUT2D eigenvalue weighted by Crippen LogP contribution is -2.27. The smallest absolute Gasteiger partial charge is 0.406 e. The standard InChI is InChI=1S/C21H31N5O6/c1-22-21(28)32-16-15-31-14-13-30-12-11-29-10-8-23-20(27)17-3-5-18(6-4-17)24-19-7-9-26(2)25-19/h3-7,9H,8,10-16H2,1-2H3,(H,22,28)(H,23,27)(H,24,25). The highest BCUT2D eigenvalue weighted by Gasteiger charge is 2.05. The molecule has 0 aliphatic rings. The summed E-state index contributed by atoms with van der Waals surface area (Å²) in [5.41, 5.74) is 1.42. The largest absolute Gasteiger partial charge is 0.447 e. The predicted molar refractivity (Wildman–Crippen MR) is 118 cm³/mol. The van der Waals surface area contributed by atoms with Crippen LogP contribution in [0.15, 0.2) is 36.5 Å². The summed E-state index contributed by atoms with van der Waals surface area (Å²) in [5.74, 6) is 0.581. The Morgan fingerprint density at radius 3 is 2.12 bits per heavy atom. The van der Waals surface area contributed by atoms with Crippen LogP contribution in [0.3, 0.4) is 0 Å². The molecule has 1 heterocycles. The molecule has 3 N–H and O–H groups in total. The van der Waals surface area contributed by atoms with E-state index in [0.29, 0.717) is 51.7 Å². The Labute approximate surface area is 187 Å². The molecule has 1 aromatic carbocycles. The number of hydrogen-bond donors (Lipinski definition) is 3. The van der Waals surface area contributed by atoms with Gasteiger partial charge in [-0.1, -0.05) is 0 Å². The minimum absolute atomic E-state index is 0.160. The summed E-state index contributed by atoms with van der Waals surface area (Å²) in [6.45, 7) is 2.98. The van der Waals surface area contributed by atoms with Crippen molar-refractivity contribution in [1.82, 2.24) is 20.4 Å². The Balaban J connectivity index is 1.44. The van der Waals surface area contributed by atoms with E-state index < -0.39 is 6.09 Å². The van der Waals surface area contributed by atoms with E-state index in [9.17, 15) is 9.59 Å². The van der Waals surface area contributed by atoms with Gasteiger partial charge in [-0.25, -0.2) is 4.79 Å². The summed E-state index contributed by atoms with van der Waals surface area (Å²) < 4.78 is 22.5. The lowest BCUT2D eigenvalue weighted by Gasteiger charge is -2.09. The third-order valence-electron chi connectivity index (χ3n) is 4.07. The summed E-state index contributed by atoms with van der Waals surface area (Å²) in [6, 6.07) is 9.03. The first kappa shape index (κ1) is 25.1. The second-order valence-corrected chi connectivity index (χ2v) is 6.56. The molecule has 2 rings (SSSR count). The molecule has 0 unspecified atom stereocenters. The highest BCUT2D eigenvalue weighted by molar-refractivity contribution is 5.94. The van der Waals surface area contributed by atoms with E-state index in [1.807, 2.05) is 31.4 Å². The molecule has 0 atom stereocenters. The first-order valence-electron chi connectivity index (χ1n) is 10.3. The number of hydrogen-bond acceptors (Lipinski definition) is 8. The SMILES string of the molecule is CNC(=O)OCCOCCOCCOCCNC(=O)c1ccc(Nc2ccn(C)n2)cc1. The van der Waals surface area contributed by atoms with Gasteiger partial charge in [0.1, 0.15) is 6.61 Å². The van der Waals surface area contributed by atoms with Gasteiger partial charge in [0.15, 0.2) is 5.82 Å². The monoisotopic (exact) mass is 449 g/mol. The third kappa shape index (κ3) is 10.2. The van der Waals surface area contributed by atoms with E-state index in [4.69, 9.17) is 18.9 Å². The Morgan fingerprint density at radius 1 is 0.906 bits per heavy atom. The summed E-state index contributed by atoms with van der Waals surface area (Å²) >= 11 is 0. The van der Waals surface area contributed by atoms with Crippen molar-refractivity contribution >= 4 is 23.5 Å². The first-order chi connectivity index (χ1) is 15.6. The highest BCUT2D eigenvalue weighted by atomic mass is 16.6. The van der Waals surface area contributed by atoms with Crippen LogP contribution in [0.2, 0.25) is 0 Å². The van der Waals surface area contributed by atoms with Gasteiger partial charge in [0.25, 0.3) is 5.91 Å². The summed E-state index contributed by atoms with van der Waals surface area (Å²) in [5, 5.41) is 12.6. The quantitative estimate of drug-likeness (QED) is 0.348. The van der Waals surface area contributed by atoms with Crippen molar-refractivity contribution in [2.24, 2.45) is 7.05 Å². The van der Waals surface area contributed by atoms with E-state index in [1.54, 1.807) is 16.8 Å². The Hall–Kier alpha value is -3.15. The highest BCUT2D eigenvalue weighted by Crippen LogP contribution is 2.15. The molecule has 176 valence electrons. The number of anilines is 2. The van der Waals surface area contributed by atoms with E-state index in [-0.39, 0.29) is 12.5 Å². The van der Waals surface area contributed by atoms with Crippen LogP contribution < -0.4 is 16.0 Å². The maximum atomic E-state index is 12.2. The topological polar surface area (TPSA) is 125 Å². The molecule has 0 spiro atoms. The van der Waals surface area contributed by atoms with Gasteiger partial charge in [0, 0.05) is 44.2 Å². The number of nitrogens with one attached hydrogen (secondary N) is 3. The van der Waals surface area contributed by atoms with Crippen molar-refractivity contribution in [1.29, 1.82) is 0 Å². The minimum atomic E-state index is -0.481. The number of carbonyl (C=O) groups is 2. The molecule has 0 aliphatic carbocycles. The number of amides is 2. The second kappa shape index (κ2) is 14.8. The average molecular weight is 450 g/mol. The normalized spacial score (nSPS) is 10.6. The molecule has 0 saturated heterocycles. The number of nitrogens with zero attached hydrogens (tertiary/aromatic N) is 2. The molecule has 11 nitrogen and oxygen atoms in total. The van der Waals surface area contributed by atoms with Gasteiger partial charge in [0.05, 0.1) is 39.6 Å². The zero-order valence-corrected chi connectivity index (χ0v) is 18.5. The maximum Gasteiger partial charge on any atom is 0.406 e. The van der Waals surface area contributed by atoms with Crippen molar-refractivity contribution in [3.8, 4) is 0 Å². The van der Waals surface area contributed by atoms with Crippen LogP contribution in [0.5, 0.6) is 0 Å². The Bertz CT molecular complexity index is 811. The van der Waals surface area contributed by atoms with Crippen LogP contribution in [0.25, 0.3) is 0 Å². The molecule has 0 bridgehead atoms. The third-order valence-corrected chi connectivity index (χ3v) is 4.07. The lowest BCUT2D eigenvalue weighted by molar-refractivity contribution is 0.00631. The number of benzene rings is 1. The molecule has 0 fully saturated rings. The number of alkyl carbamates (subject to hydrolysis) is 1. The Kier molecular flexibility index (Phi) is 11.6. The van der Waals surface area contributed by atoms with Gasteiger partial charge < -0.3 is 34.9 Å². The molecular weight excluding hydrogens is 418 g/mol. The molecule has 11 heteroatoms. The molecule has 2 aromatic rings. The fraction of sp³-hybridized carbons (Fsp3) is 0.476. The molecule has 0 saturated carbocycles. The summed E-state index contributed by atoms with van der Waals surface area (Å²) in [6.07, 6.45) is 1.37. The number of aryl methyl sites for hydroxylation is 1. The number of aromatic nitrogens is 2. The average Bonchev–Trinajstić information content (AvgIpc) is 3.21. The van der Waals surface area contributed by atoms with Crippen molar-refractivity contribution in [2.75, 3.05) is 65.2 Å². The molecule has 2 amide bonds. The predicted octanol–water partition coefficient (Wildman–Crippen LogP) is 1.30. The lowest BCUT2D eigenvalue weighted by atomic mass is 10.2. The Morgan fingerprint density at radius 2 is 1.53 bits per heavy atom. The van der Waals surface area contributed by atoms with E-state index in [2.05, 4.69) is 21.0 Å². The fourth-order valence-electron chi connectivity index (χ4n) is 2.48. The van der Waals surface area contributed by atoms with Crippen LogP contribution >= 0.6 is 0 Å². The van der Waals surface area contributed by atoms with E-state index >= 15 is 0 Å². The number of carbonyl (C=O) groups excluding carboxylic acids is 2. The van der Waals surface area contributed by atoms with Crippen LogP contribution in [-0.4, -0.2) is 81.6 Å².